The highest BCUT2D eigenvalue weighted by Gasteiger charge is 2.20. The van der Waals surface area contributed by atoms with Crippen molar-refractivity contribution in [3.63, 3.8) is 0 Å². The number of rotatable bonds is 9. The minimum atomic E-state index is -2.81. The van der Waals surface area contributed by atoms with E-state index in [0.29, 0.717) is 22.8 Å². The van der Waals surface area contributed by atoms with Gasteiger partial charge >= 0.3 is 0 Å². The highest BCUT2D eigenvalue weighted by atomic mass is 32.2. The smallest absolute Gasteiger partial charge is 0.256 e. The van der Waals surface area contributed by atoms with Crippen LogP contribution in [0.5, 0.6) is 5.75 Å². The Morgan fingerprint density at radius 2 is 1.83 bits per heavy atom. The van der Waals surface area contributed by atoms with E-state index in [4.69, 9.17) is 4.74 Å². The fourth-order valence-electron chi connectivity index (χ4n) is 3.58. The maximum absolute atomic E-state index is 14.6. The lowest BCUT2D eigenvalue weighted by molar-refractivity contribution is -0.122. The van der Waals surface area contributed by atoms with Gasteiger partial charge in [-0.2, -0.15) is 4.36 Å². The van der Waals surface area contributed by atoms with E-state index in [9.17, 15) is 17.8 Å². The number of amides is 1. The number of ether oxygens (including phenoxy) is 1. The van der Waals surface area contributed by atoms with Crippen LogP contribution in [0.1, 0.15) is 32.8 Å². The Kier molecular flexibility index (Phi) is 8.73. The average molecular weight is 517 g/mol. The first-order chi connectivity index (χ1) is 17.0. The maximum Gasteiger partial charge on any atom is 0.256 e. The molecular weight excluding hydrogens is 486 g/mol. The summed E-state index contributed by atoms with van der Waals surface area (Å²) in [7, 11) is -1.43. The number of hydrogen-bond donors (Lipinski definition) is 1. The zero-order valence-corrected chi connectivity index (χ0v) is 21.7. The van der Waals surface area contributed by atoms with Crippen molar-refractivity contribution >= 4 is 27.3 Å². The van der Waals surface area contributed by atoms with Crippen molar-refractivity contribution in [3.8, 4) is 16.9 Å². The summed E-state index contributed by atoms with van der Waals surface area (Å²) in [5, 5.41) is 3.00. The molecule has 2 heterocycles. The molecule has 3 aromatic rings. The fourth-order valence-corrected chi connectivity index (χ4v) is 4.99. The first-order valence-electron chi connectivity index (χ1n) is 11.5. The lowest BCUT2D eigenvalue weighted by Gasteiger charge is -2.15. The number of nitrogens with zero attached hydrogens (tertiary/aromatic N) is 3. The number of nitrogens with one attached hydrogen (secondary N) is 1. The molecule has 0 aliphatic heterocycles. The molecule has 0 fully saturated rings. The molecule has 0 spiro atoms. The molecule has 3 rings (SSSR count). The SMILES string of the molecule is CC[C@@H](C)C(C)C(=O)N=S(C)(=O)Cc1ccnc(Nc2cc(-c3ccc(F)cc3OC)c(F)cn2)c1. The van der Waals surface area contributed by atoms with Gasteiger partial charge in [-0.25, -0.2) is 23.0 Å². The minimum Gasteiger partial charge on any atom is -0.496 e. The summed E-state index contributed by atoms with van der Waals surface area (Å²) >= 11 is 0. The molecule has 1 aromatic carbocycles. The molecule has 3 atom stereocenters. The molecule has 0 saturated carbocycles. The van der Waals surface area contributed by atoms with E-state index in [1.165, 1.54) is 43.8 Å². The number of aromatic nitrogens is 2. The molecule has 0 aliphatic carbocycles. The first kappa shape index (κ1) is 27.2. The van der Waals surface area contributed by atoms with Crippen molar-refractivity contribution in [1.29, 1.82) is 0 Å². The molecule has 1 N–H and O–H groups in total. The number of halogens is 2. The summed E-state index contributed by atoms with van der Waals surface area (Å²) in [4.78, 5) is 20.8. The monoisotopic (exact) mass is 516 g/mol. The summed E-state index contributed by atoms with van der Waals surface area (Å²) in [6.07, 6.45) is 4.88. The molecule has 192 valence electrons. The van der Waals surface area contributed by atoms with Crippen LogP contribution in [0.25, 0.3) is 11.1 Å². The Morgan fingerprint density at radius 3 is 2.53 bits per heavy atom. The largest absolute Gasteiger partial charge is 0.496 e. The van der Waals surface area contributed by atoms with Gasteiger partial charge in [0.25, 0.3) is 5.91 Å². The third-order valence-corrected chi connectivity index (χ3v) is 7.43. The van der Waals surface area contributed by atoms with E-state index < -0.39 is 21.4 Å². The van der Waals surface area contributed by atoms with Gasteiger partial charge < -0.3 is 10.1 Å². The normalized spacial score (nSPS) is 14.4. The van der Waals surface area contributed by atoms with Crippen molar-refractivity contribution in [2.45, 2.75) is 32.9 Å². The summed E-state index contributed by atoms with van der Waals surface area (Å²) in [6.45, 7) is 5.77. The lowest BCUT2D eigenvalue weighted by Crippen LogP contribution is -2.18. The summed E-state index contributed by atoms with van der Waals surface area (Å²) in [5.41, 5.74) is 1.20. The van der Waals surface area contributed by atoms with Gasteiger partial charge in [0.2, 0.25) is 0 Å². The van der Waals surface area contributed by atoms with Crippen LogP contribution >= 0.6 is 0 Å². The number of anilines is 2. The first-order valence-corrected chi connectivity index (χ1v) is 13.6. The van der Waals surface area contributed by atoms with Gasteiger partial charge in [0.05, 0.1) is 28.8 Å². The Bertz CT molecular complexity index is 1370. The molecule has 0 aliphatic rings. The quantitative estimate of drug-likeness (QED) is 0.376. The van der Waals surface area contributed by atoms with Crippen LogP contribution < -0.4 is 10.1 Å². The number of methoxy groups -OCH3 is 1. The van der Waals surface area contributed by atoms with Gasteiger partial charge in [-0.3, -0.25) is 4.79 Å². The van der Waals surface area contributed by atoms with E-state index in [0.717, 1.165) is 12.6 Å². The molecule has 36 heavy (non-hydrogen) atoms. The number of carbonyl (C=O) groups is 1. The number of carbonyl (C=O) groups excluding carboxylic acids is 1. The zero-order valence-electron chi connectivity index (χ0n) is 20.9. The van der Waals surface area contributed by atoms with Gasteiger partial charge in [-0.05, 0) is 41.8 Å². The number of pyridine rings is 2. The summed E-state index contributed by atoms with van der Waals surface area (Å²) in [5.74, 6) is -0.679. The van der Waals surface area contributed by atoms with Gasteiger partial charge in [-0.1, -0.05) is 27.2 Å². The number of benzene rings is 1. The molecule has 0 saturated heterocycles. The van der Waals surface area contributed by atoms with Crippen molar-refractivity contribution in [2.24, 2.45) is 16.2 Å². The van der Waals surface area contributed by atoms with E-state index in [1.54, 1.807) is 19.1 Å². The van der Waals surface area contributed by atoms with Crippen molar-refractivity contribution in [1.82, 2.24) is 9.97 Å². The van der Waals surface area contributed by atoms with E-state index in [2.05, 4.69) is 19.6 Å². The molecular formula is C26H30F2N4O3S. The highest BCUT2D eigenvalue weighted by molar-refractivity contribution is 7.92. The highest BCUT2D eigenvalue weighted by Crippen LogP contribution is 2.33. The molecule has 0 bridgehead atoms. The second-order valence-corrected chi connectivity index (χ2v) is 11.2. The van der Waals surface area contributed by atoms with Crippen molar-refractivity contribution in [3.05, 3.63) is 66.0 Å². The van der Waals surface area contributed by atoms with Crippen LogP contribution in [0, 0.1) is 23.5 Å². The molecule has 2 aromatic heterocycles. The van der Waals surface area contributed by atoms with E-state index >= 15 is 0 Å². The van der Waals surface area contributed by atoms with Crippen LogP contribution in [-0.4, -0.2) is 33.4 Å². The van der Waals surface area contributed by atoms with Gasteiger partial charge in [-0.15, -0.1) is 0 Å². The molecule has 1 amide bonds. The summed E-state index contributed by atoms with van der Waals surface area (Å²) in [6, 6.07) is 8.66. The van der Waals surface area contributed by atoms with Crippen LogP contribution in [0.3, 0.4) is 0 Å². The Labute approximate surface area is 210 Å². The molecule has 10 heteroatoms. The third kappa shape index (κ3) is 6.84. The fraction of sp³-hybridized carbons (Fsp3) is 0.346. The Balaban J connectivity index is 1.83. The minimum absolute atomic E-state index is 0.0675. The van der Waals surface area contributed by atoms with Crippen molar-refractivity contribution < 1.29 is 22.5 Å². The Hall–Kier alpha value is -3.40. The molecule has 2 unspecified atom stereocenters. The van der Waals surface area contributed by atoms with Crippen LogP contribution in [0.4, 0.5) is 20.4 Å². The van der Waals surface area contributed by atoms with Crippen LogP contribution in [-0.2, 0) is 20.3 Å². The van der Waals surface area contributed by atoms with Crippen LogP contribution in [0.2, 0.25) is 0 Å². The molecule has 7 nitrogen and oxygen atoms in total. The number of hydrogen-bond acceptors (Lipinski definition) is 6. The second kappa shape index (κ2) is 11.6. The molecule has 0 radical (unpaired) electrons. The van der Waals surface area contributed by atoms with Crippen LogP contribution in [0.15, 0.2) is 53.2 Å². The summed E-state index contributed by atoms with van der Waals surface area (Å²) < 4.78 is 50.4. The van der Waals surface area contributed by atoms with Gasteiger partial charge in [0.15, 0.2) is 0 Å². The lowest BCUT2D eigenvalue weighted by atomic mass is 9.93. The standard InChI is InChI=1S/C26H30F2N4O3S/c1-6-16(2)17(3)26(33)32-36(5,34)15-18-9-10-29-24(11-18)31-25-13-21(22(28)14-30-25)20-8-7-19(27)12-23(20)35-4/h7-14,16-17H,6,15H2,1-5H3,(H,29,30,31)/t16-,17?,36?/m1/s1. The maximum atomic E-state index is 14.6. The van der Waals surface area contributed by atoms with E-state index in [1.807, 2.05) is 13.8 Å². The van der Waals surface area contributed by atoms with Crippen molar-refractivity contribution in [2.75, 3.05) is 18.7 Å². The second-order valence-electron chi connectivity index (χ2n) is 8.78. The topological polar surface area (TPSA) is 93.5 Å². The van der Waals surface area contributed by atoms with Gasteiger partial charge in [0, 0.05) is 35.6 Å². The predicted molar refractivity (Wildman–Crippen MR) is 137 cm³/mol. The Morgan fingerprint density at radius 1 is 1.11 bits per heavy atom. The zero-order chi connectivity index (χ0) is 26.5. The third-order valence-electron chi connectivity index (χ3n) is 5.99. The predicted octanol–water partition coefficient (Wildman–Crippen LogP) is 5.98. The average Bonchev–Trinajstić information content (AvgIpc) is 2.83. The van der Waals surface area contributed by atoms with E-state index in [-0.39, 0.29) is 34.8 Å². The van der Waals surface area contributed by atoms with Gasteiger partial charge in [0.1, 0.15) is 29.0 Å².